The highest BCUT2D eigenvalue weighted by Crippen LogP contribution is 2.20. The summed E-state index contributed by atoms with van der Waals surface area (Å²) < 4.78 is 0. The SMILES string of the molecule is O=C(NC1CCCCC1)[C@@H](Cc1ccccc1)N(Cc1ccccc1)C(=O)CCc1ccccc1. The van der Waals surface area contributed by atoms with Gasteiger partial charge >= 0.3 is 0 Å². The second-order valence-corrected chi connectivity index (χ2v) is 9.54. The van der Waals surface area contributed by atoms with Crippen molar-refractivity contribution in [2.45, 2.75) is 70.0 Å². The second-order valence-electron chi connectivity index (χ2n) is 9.54. The molecule has 4 nitrogen and oxygen atoms in total. The minimum absolute atomic E-state index is 0.0115. The molecule has 1 atom stereocenters. The lowest BCUT2D eigenvalue weighted by Crippen LogP contribution is -2.52. The lowest BCUT2D eigenvalue weighted by Gasteiger charge is -2.33. The van der Waals surface area contributed by atoms with Crippen molar-refractivity contribution in [1.29, 1.82) is 0 Å². The maximum atomic E-state index is 13.7. The molecule has 1 aliphatic carbocycles. The predicted molar refractivity (Wildman–Crippen MR) is 141 cm³/mol. The zero-order chi connectivity index (χ0) is 24.3. The fourth-order valence-corrected chi connectivity index (χ4v) is 4.92. The fraction of sp³-hybridized carbons (Fsp3) is 0.355. The van der Waals surface area contributed by atoms with E-state index in [0.717, 1.165) is 42.4 Å². The molecule has 3 aromatic carbocycles. The minimum atomic E-state index is -0.553. The van der Waals surface area contributed by atoms with Gasteiger partial charge in [-0.15, -0.1) is 0 Å². The van der Waals surface area contributed by atoms with Gasteiger partial charge in [-0.3, -0.25) is 9.59 Å². The van der Waals surface area contributed by atoms with E-state index in [1.807, 2.05) is 95.9 Å². The van der Waals surface area contributed by atoms with Crippen LogP contribution in [-0.2, 0) is 29.0 Å². The molecule has 4 heteroatoms. The molecule has 0 bridgehead atoms. The Bertz CT molecular complexity index is 1050. The first kappa shape index (κ1) is 24.7. The Morgan fingerprint density at radius 2 is 1.29 bits per heavy atom. The molecule has 0 aliphatic heterocycles. The van der Waals surface area contributed by atoms with Crippen LogP contribution in [0.15, 0.2) is 91.0 Å². The van der Waals surface area contributed by atoms with Crippen molar-refractivity contribution in [2.24, 2.45) is 0 Å². The van der Waals surface area contributed by atoms with Gasteiger partial charge in [0.05, 0.1) is 0 Å². The average molecular weight is 469 g/mol. The molecule has 3 aromatic rings. The third-order valence-electron chi connectivity index (χ3n) is 6.89. The van der Waals surface area contributed by atoms with Crippen molar-refractivity contribution < 1.29 is 9.59 Å². The monoisotopic (exact) mass is 468 g/mol. The highest BCUT2D eigenvalue weighted by Gasteiger charge is 2.31. The Morgan fingerprint density at radius 1 is 0.743 bits per heavy atom. The lowest BCUT2D eigenvalue weighted by molar-refractivity contribution is -0.141. The summed E-state index contributed by atoms with van der Waals surface area (Å²) >= 11 is 0. The molecule has 182 valence electrons. The number of carbonyl (C=O) groups is 2. The second kappa shape index (κ2) is 12.9. The smallest absolute Gasteiger partial charge is 0.243 e. The molecule has 0 aromatic heterocycles. The van der Waals surface area contributed by atoms with E-state index in [1.165, 1.54) is 6.42 Å². The van der Waals surface area contributed by atoms with E-state index in [-0.39, 0.29) is 17.9 Å². The summed E-state index contributed by atoms with van der Waals surface area (Å²) in [5.41, 5.74) is 3.22. The van der Waals surface area contributed by atoms with Gasteiger partial charge in [-0.25, -0.2) is 0 Å². The van der Waals surface area contributed by atoms with Crippen molar-refractivity contribution in [1.82, 2.24) is 10.2 Å². The standard InChI is InChI=1S/C31H36N2O2/c34-30(22-21-25-13-5-1-6-14-25)33(24-27-17-9-3-10-18-27)29(23-26-15-7-2-8-16-26)31(35)32-28-19-11-4-12-20-28/h1-3,5-10,13-18,28-29H,4,11-12,19-24H2,(H,32,35)/t29-/m1/s1. The first-order valence-electron chi connectivity index (χ1n) is 12.9. The van der Waals surface area contributed by atoms with Crippen molar-refractivity contribution in [3.8, 4) is 0 Å². The van der Waals surface area contributed by atoms with E-state index in [2.05, 4.69) is 5.32 Å². The quantitative estimate of drug-likeness (QED) is 0.414. The summed E-state index contributed by atoms with van der Waals surface area (Å²) in [4.78, 5) is 29.2. The maximum Gasteiger partial charge on any atom is 0.243 e. The molecule has 35 heavy (non-hydrogen) atoms. The Balaban J connectivity index is 1.58. The predicted octanol–water partition coefficient (Wildman–Crippen LogP) is 5.71. The Hall–Kier alpha value is -3.40. The van der Waals surface area contributed by atoms with Crippen molar-refractivity contribution in [3.63, 3.8) is 0 Å². The largest absolute Gasteiger partial charge is 0.352 e. The number of amides is 2. The number of nitrogens with one attached hydrogen (secondary N) is 1. The van der Waals surface area contributed by atoms with Gasteiger partial charge in [0.15, 0.2) is 0 Å². The van der Waals surface area contributed by atoms with Crippen molar-refractivity contribution in [2.75, 3.05) is 0 Å². The molecule has 0 saturated heterocycles. The average Bonchev–Trinajstić information content (AvgIpc) is 2.91. The van der Waals surface area contributed by atoms with E-state index < -0.39 is 6.04 Å². The Morgan fingerprint density at radius 3 is 1.89 bits per heavy atom. The Kier molecular flexibility index (Phi) is 9.11. The van der Waals surface area contributed by atoms with Crippen LogP contribution in [-0.4, -0.2) is 28.8 Å². The summed E-state index contributed by atoms with van der Waals surface area (Å²) in [6.07, 6.45) is 7.11. The molecular weight excluding hydrogens is 432 g/mol. The number of hydrogen-bond donors (Lipinski definition) is 1. The molecular formula is C31H36N2O2. The van der Waals surface area contributed by atoms with Crippen LogP contribution in [0.1, 0.15) is 55.2 Å². The zero-order valence-electron chi connectivity index (χ0n) is 20.4. The van der Waals surface area contributed by atoms with Gasteiger partial charge in [0.25, 0.3) is 0 Å². The maximum absolute atomic E-state index is 13.7. The van der Waals surface area contributed by atoms with Crippen LogP contribution < -0.4 is 5.32 Å². The van der Waals surface area contributed by atoms with Gasteiger partial charge in [-0.05, 0) is 36.0 Å². The highest BCUT2D eigenvalue weighted by molar-refractivity contribution is 5.88. The summed E-state index contributed by atoms with van der Waals surface area (Å²) in [6.45, 7) is 0.421. The fourth-order valence-electron chi connectivity index (χ4n) is 4.92. The van der Waals surface area contributed by atoms with E-state index in [4.69, 9.17) is 0 Å². The van der Waals surface area contributed by atoms with E-state index >= 15 is 0 Å². The Labute approximate surface area is 209 Å². The summed E-state index contributed by atoms with van der Waals surface area (Å²) in [6, 6.07) is 29.7. The molecule has 1 fully saturated rings. The number of hydrogen-bond acceptors (Lipinski definition) is 2. The van der Waals surface area contributed by atoms with Crippen LogP contribution in [0, 0.1) is 0 Å². The first-order valence-corrected chi connectivity index (χ1v) is 12.9. The van der Waals surface area contributed by atoms with Gasteiger partial charge in [0.2, 0.25) is 11.8 Å². The minimum Gasteiger partial charge on any atom is -0.352 e. The van der Waals surface area contributed by atoms with Crippen molar-refractivity contribution in [3.05, 3.63) is 108 Å². The number of carbonyl (C=O) groups excluding carboxylic acids is 2. The van der Waals surface area contributed by atoms with Crippen LogP contribution in [0.2, 0.25) is 0 Å². The number of aryl methyl sites for hydroxylation is 1. The van der Waals surface area contributed by atoms with E-state index in [1.54, 1.807) is 0 Å². The van der Waals surface area contributed by atoms with Crippen LogP contribution in [0.4, 0.5) is 0 Å². The number of nitrogens with zero attached hydrogens (tertiary/aromatic N) is 1. The van der Waals surface area contributed by atoms with E-state index in [0.29, 0.717) is 25.8 Å². The normalized spacial score (nSPS) is 14.7. The molecule has 0 radical (unpaired) electrons. The topological polar surface area (TPSA) is 49.4 Å². The van der Waals surface area contributed by atoms with Gasteiger partial charge in [0.1, 0.15) is 6.04 Å². The first-order chi connectivity index (χ1) is 17.2. The third-order valence-corrected chi connectivity index (χ3v) is 6.89. The number of benzene rings is 3. The van der Waals surface area contributed by atoms with Gasteiger partial charge in [-0.2, -0.15) is 0 Å². The molecule has 2 amide bonds. The number of rotatable bonds is 10. The van der Waals surface area contributed by atoms with Gasteiger partial charge in [0, 0.05) is 25.4 Å². The van der Waals surface area contributed by atoms with Crippen LogP contribution in [0.5, 0.6) is 0 Å². The zero-order valence-corrected chi connectivity index (χ0v) is 20.4. The molecule has 0 unspecified atom stereocenters. The molecule has 4 rings (SSSR count). The van der Waals surface area contributed by atoms with Crippen molar-refractivity contribution >= 4 is 11.8 Å². The highest BCUT2D eigenvalue weighted by atomic mass is 16.2. The molecule has 1 N–H and O–H groups in total. The van der Waals surface area contributed by atoms with Gasteiger partial charge < -0.3 is 10.2 Å². The molecule has 1 aliphatic rings. The van der Waals surface area contributed by atoms with E-state index in [9.17, 15) is 9.59 Å². The molecule has 0 spiro atoms. The molecule has 0 heterocycles. The summed E-state index contributed by atoms with van der Waals surface area (Å²) in [5.74, 6) is -0.0258. The van der Waals surface area contributed by atoms with Crippen LogP contribution in [0.3, 0.4) is 0 Å². The molecule has 1 saturated carbocycles. The van der Waals surface area contributed by atoms with Gasteiger partial charge in [-0.1, -0.05) is 110 Å². The van der Waals surface area contributed by atoms with Crippen LogP contribution >= 0.6 is 0 Å². The summed E-state index contributed by atoms with van der Waals surface area (Å²) in [7, 11) is 0. The third kappa shape index (κ3) is 7.54. The summed E-state index contributed by atoms with van der Waals surface area (Å²) in [5, 5.41) is 3.30. The van der Waals surface area contributed by atoms with Crippen LogP contribution in [0.25, 0.3) is 0 Å². The lowest BCUT2D eigenvalue weighted by atomic mass is 9.94.